The van der Waals surface area contributed by atoms with E-state index in [1.165, 1.54) is 11.3 Å². The normalized spacial score (nSPS) is 18.9. The number of nitrogens with one attached hydrogen (secondary N) is 2. The van der Waals surface area contributed by atoms with E-state index in [-0.39, 0.29) is 23.9 Å². The molecule has 1 amide bonds. The fourth-order valence-corrected chi connectivity index (χ4v) is 5.32. The number of anilines is 1. The van der Waals surface area contributed by atoms with Crippen molar-refractivity contribution in [2.75, 3.05) is 5.32 Å². The number of halogens is 1. The van der Waals surface area contributed by atoms with Crippen molar-refractivity contribution in [3.8, 4) is 5.69 Å². The summed E-state index contributed by atoms with van der Waals surface area (Å²) >= 11 is 7.95. The highest BCUT2D eigenvalue weighted by atomic mass is 35.5. The molecule has 1 saturated carbocycles. The molecule has 1 aliphatic rings. The Morgan fingerprint density at radius 2 is 1.91 bits per heavy atom. The zero-order valence-corrected chi connectivity index (χ0v) is 21.4. The van der Waals surface area contributed by atoms with Gasteiger partial charge in [0.2, 0.25) is 0 Å². The number of para-hydroxylation sites is 1. The molecule has 1 unspecified atom stereocenters. The molecule has 2 N–H and O–H groups in total. The van der Waals surface area contributed by atoms with E-state index in [0.717, 1.165) is 65.3 Å². The molecular weight excluding hydrogens is 480 g/mol. The highest BCUT2D eigenvalue weighted by Crippen LogP contribution is 2.30. The predicted octanol–water partition coefficient (Wildman–Crippen LogP) is 6.20. The van der Waals surface area contributed by atoms with Crippen LogP contribution in [0.5, 0.6) is 0 Å². The molecule has 5 rings (SSSR count). The summed E-state index contributed by atoms with van der Waals surface area (Å²) in [5.74, 6) is 1.86. The van der Waals surface area contributed by atoms with Gasteiger partial charge in [-0.15, -0.1) is 11.3 Å². The lowest BCUT2D eigenvalue weighted by Gasteiger charge is -2.30. The van der Waals surface area contributed by atoms with Crippen LogP contribution < -0.4 is 10.6 Å². The van der Waals surface area contributed by atoms with Crippen molar-refractivity contribution in [1.29, 1.82) is 0 Å². The fraction of sp³-hybridized carbons (Fsp3) is 0.385. The maximum absolute atomic E-state index is 12.4. The van der Waals surface area contributed by atoms with Gasteiger partial charge in [0.05, 0.1) is 27.2 Å². The number of aromatic nitrogens is 4. The van der Waals surface area contributed by atoms with Gasteiger partial charge in [-0.25, -0.2) is 14.6 Å². The van der Waals surface area contributed by atoms with Crippen LogP contribution in [0.3, 0.4) is 0 Å². The zero-order valence-electron chi connectivity index (χ0n) is 19.9. The Morgan fingerprint density at radius 1 is 1.14 bits per heavy atom. The Kier molecular flexibility index (Phi) is 7.02. The molecule has 0 saturated heterocycles. The van der Waals surface area contributed by atoms with Crippen molar-refractivity contribution >= 4 is 45.7 Å². The first-order chi connectivity index (χ1) is 17.0. The summed E-state index contributed by atoms with van der Waals surface area (Å²) in [7, 11) is 0. The van der Waals surface area contributed by atoms with E-state index in [9.17, 15) is 4.79 Å². The van der Waals surface area contributed by atoms with Gasteiger partial charge in [-0.1, -0.05) is 43.6 Å². The summed E-state index contributed by atoms with van der Waals surface area (Å²) < 4.78 is 1.80. The molecular formula is C26H29ClN6OS. The molecule has 182 valence electrons. The Morgan fingerprint density at radius 3 is 2.63 bits per heavy atom. The Hall–Kier alpha value is -2.97. The third-order valence-electron chi connectivity index (χ3n) is 6.73. The van der Waals surface area contributed by atoms with E-state index < -0.39 is 0 Å². The summed E-state index contributed by atoms with van der Waals surface area (Å²) in [4.78, 5) is 23.0. The van der Waals surface area contributed by atoms with Crippen molar-refractivity contribution in [3.63, 3.8) is 0 Å². The van der Waals surface area contributed by atoms with Crippen LogP contribution in [0.4, 0.5) is 5.82 Å². The minimum Gasteiger partial charge on any atom is -0.367 e. The number of fused-ring (bicyclic) bond motifs is 1. The molecule has 1 fully saturated rings. The van der Waals surface area contributed by atoms with Crippen LogP contribution in [0, 0.1) is 0 Å². The van der Waals surface area contributed by atoms with Crippen LogP contribution in [-0.2, 0) is 0 Å². The summed E-state index contributed by atoms with van der Waals surface area (Å²) in [5, 5.41) is 14.9. The van der Waals surface area contributed by atoms with Crippen molar-refractivity contribution in [2.24, 2.45) is 0 Å². The van der Waals surface area contributed by atoms with Crippen molar-refractivity contribution in [2.45, 2.75) is 64.0 Å². The highest BCUT2D eigenvalue weighted by molar-refractivity contribution is 7.12. The molecule has 3 heterocycles. The average molecular weight is 509 g/mol. The van der Waals surface area contributed by atoms with Crippen LogP contribution in [0.25, 0.3) is 16.7 Å². The van der Waals surface area contributed by atoms with Gasteiger partial charge in [0.25, 0.3) is 5.91 Å². The summed E-state index contributed by atoms with van der Waals surface area (Å²) in [6.07, 6.45) is 6.53. The van der Waals surface area contributed by atoms with Crippen molar-refractivity contribution in [1.82, 2.24) is 25.1 Å². The summed E-state index contributed by atoms with van der Waals surface area (Å²) in [6.45, 7) is 4.28. The number of hydrogen-bond donors (Lipinski definition) is 2. The number of nitrogens with zero attached hydrogens (tertiary/aromatic N) is 4. The smallest absolute Gasteiger partial charge is 0.261 e. The fourth-order valence-electron chi connectivity index (χ4n) is 4.48. The molecule has 0 bridgehead atoms. The van der Waals surface area contributed by atoms with E-state index in [1.54, 1.807) is 4.68 Å². The first-order valence-corrected chi connectivity index (χ1v) is 13.4. The second kappa shape index (κ2) is 10.3. The minimum absolute atomic E-state index is 0.0269. The maximum Gasteiger partial charge on any atom is 0.261 e. The molecule has 7 nitrogen and oxygen atoms in total. The van der Waals surface area contributed by atoms with E-state index in [0.29, 0.717) is 5.02 Å². The lowest BCUT2D eigenvalue weighted by molar-refractivity contribution is 0.0930. The first kappa shape index (κ1) is 23.8. The van der Waals surface area contributed by atoms with Crippen LogP contribution in [-0.4, -0.2) is 37.7 Å². The van der Waals surface area contributed by atoms with E-state index in [4.69, 9.17) is 21.6 Å². The lowest BCUT2D eigenvalue weighted by Crippen LogP contribution is -2.40. The Bertz CT molecular complexity index is 1310. The van der Waals surface area contributed by atoms with Gasteiger partial charge in [0.1, 0.15) is 11.6 Å². The molecule has 1 atom stereocenters. The molecule has 35 heavy (non-hydrogen) atoms. The molecule has 1 aliphatic carbocycles. The Balaban J connectivity index is 1.36. The average Bonchev–Trinajstić information content (AvgIpc) is 3.56. The first-order valence-electron chi connectivity index (χ1n) is 12.1. The summed E-state index contributed by atoms with van der Waals surface area (Å²) in [5.41, 5.74) is 1.55. The second-order valence-electron chi connectivity index (χ2n) is 9.13. The monoisotopic (exact) mass is 508 g/mol. The number of benzene rings is 1. The van der Waals surface area contributed by atoms with Gasteiger partial charge in [-0.05, 0) is 55.7 Å². The van der Waals surface area contributed by atoms with Crippen LogP contribution >= 0.6 is 22.9 Å². The number of thiophene rings is 1. The topological polar surface area (TPSA) is 84.7 Å². The number of carbonyl (C=O) groups excluding carboxylic acids is 1. The lowest BCUT2D eigenvalue weighted by atomic mass is 9.91. The second-order valence-corrected chi connectivity index (χ2v) is 10.5. The van der Waals surface area contributed by atoms with Crippen molar-refractivity contribution in [3.05, 3.63) is 63.7 Å². The van der Waals surface area contributed by atoms with Crippen LogP contribution in [0.1, 0.15) is 67.4 Å². The van der Waals surface area contributed by atoms with E-state index >= 15 is 0 Å². The largest absolute Gasteiger partial charge is 0.367 e. The van der Waals surface area contributed by atoms with Gasteiger partial charge < -0.3 is 10.6 Å². The summed E-state index contributed by atoms with van der Waals surface area (Å²) in [6, 6.07) is 11.9. The van der Waals surface area contributed by atoms with Crippen molar-refractivity contribution < 1.29 is 4.79 Å². The molecule has 9 heteroatoms. The zero-order chi connectivity index (χ0) is 24.4. The Labute approximate surface area is 213 Å². The van der Waals surface area contributed by atoms with Gasteiger partial charge in [0, 0.05) is 18.0 Å². The third-order valence-corrected chi connectivity index (χ3v) is 7.92. The van der Waals surface area contributed by atoms with Gasteiger partial charge in [-0.2, -0.15) is 5.10 Å². The molecule has 0 spiro atoms. The number of amides is 1. The van der Waals surface area contributed by atoms with E-state index in [2.05, 4.69) is 29.6 Å². The quantitative estimate of drug-likeness (QED) is 0.310. The highest BCUT2D eigenvalue weighted by Gasteiger charge is 2.25. The number of rotatable bonds is 7. The molecule has 1 aromatic carbocycles. The van der Waals surface area contributed by atoms with Crippen LogP contribution in [0.2, 0.25) is 5.02 Å². The van der Waals surface area contributed by atoms with E-state index in [1.807, 2.05) is 48.0 Å². The molecule has 3 aromatic heterocycles. The van der Waals surface area contributed by atoms with Crippen LogP contribution in [0.15, 0.2) is 48.0 Å². The molecule has 0 aliphatic heterocycles. The SMILES string of the molecule is CCC(C)c1nc(NC2CCC(NC(=O)c3cccs3)CC2)c2cnn(-c3ccccc3Cl)c2n1. The molecule has 0 radical (unpaired) electrons. The minimum atomic E-state index is 0.0269. The third kappa shape index (κ3) is 5.04. The standard InChI is InChI=1S/C26H29ClN6OS/c1-3-16(2)23-31-24(19-15-28-33(25(19)32-23)21-8-5-4-7-20(21)27)29-17-10-12-18(13-11-17)30-26(34)22-9-6-14-35-22/h4-9,14-18H,3,10-13H2,1-2H3,(H,30,34)(H,29,31,32). The van der Waals surface area contributed by atoms with Gasteiger partial charge >= 0.3 is 0 Å². The predicted molar refractivity (Wildman–Crippen MR) is 142 cm³/mol. The maximum atomic E-state index is 12.4. The van der Waals surface area contributed by atoms with Gasteiger partial charge in [-0.3, -0.25) is 4.79 Å². The molecule has 4 aromatic rings. The number of carbonyl (C=O) groups is 1. The number of hydrogen-bond acceptors (Lipinski definition) is 6. The van der Waals surface area contributed by atoms with Gasteiger partial charge in [0.15, 0.2) is 5.65 Å².